The summed E-state index contributed by atoms with van der Waals surface area (Å²) in [4.78, 5) is 0.671. The zero-order valence-corrected chi connectivity index (χ0v) is 8.18. The minimum absolute atomic E-state index is 0.0610. The molecule has 0 amide bonds. The number of ether oxygens (including phenoxy) is 1. The molecule has 3 nitrogen and oxygen atoms in total. The van der Waals surface area contributed by atoms with Crippen molar-refractivity contribution in [2.24, 2.45) is 0 Å². The minimum Gasteiger partial charge on any atom is -0.504 e. The first-order valence-electron chi connectivity index (χ1n) is 3.58. The first-order valence-corrected chi connectivity index (χ1v) is 4.81. The van der Waals surface area contributed by atoms with Gasteiger partial charge in [-0.25, -0.2) is 0 Å². The van der Waals surface area contributed by atoms with Crippen LogP contribution in [-0.2, 0) is 0 Å². The minimum atomic E-state index is 0.0610. The molecule has 0 aromatic heterocycles. The lowest BCUT2D eigenvalue weighted by atomic mass is 10.2. The van der Waals surface area contributed by atoms with Gasteiger partial charge in [0.1, 0.15) is 6.07 Å². The predicted octanol–water partition coefficient (Wildman–Crippen LogP) is 1.99. The second kappa shape index (κ2) is 4.06. The largest absolute Gasteiger partial charge is 0.504 e. The maximum atomic E-state index is 9.39. The topological polar surface area (TPSA) is 53.2 Å². The number of hydrogen-bond acceptors (Lipinski definition) is 4. The molecule has 1 N–H and O–H groups in total. The Labute approximate surface area is 80.9 Å². The molecule has 0 heterocycles. The van der Waals surface area contributed by atoms with Crippen LogP contribution in [0.3, 0.4) is 0 Å². The number of rotatable bonds is 2. The molecule has 13 heavy (non-hydrogen) atoms. The van der Waals surface area contributed by atoms with Crippen LogP contribution in [0.15, 0.2) is 17.0 Å². The maximum absolute atomic E-state index is 9.39. The van der Waals surface area contributed by atoms with Gasteiger partial charge >= 0.3 is 0 Å². The summed E-state index contributed by atoms with van der Waals surface area (Å²) in [5.74, 6) is 0.428. The summed E-state index contributed by atoms with van der Waals surface area (Å²) in [5.41, 5.74) is 0.516. The number of benzene rings is 1. The Bertz CT molecular complexity index is 357. The second-order valence-corrected chi connectivity index (χ2v) is 3.13. The molecule has 68 valence electrons. The van der Waals surface area contributed by atoms with Crippen LogP contribution in [0.25, 0.3) is 0 Å². The van der Waals surface area contributed by atoms with Crippen LogP contribution in [0.2, 0.25) is 0 Å². The number of nitriles is 1. The van der Waals surface area contributed by atoms with E-state index in [0.29, 0.717) is 16.2 Å². The molecule has 0 radical (unpaired) electrons. The first-order chi connectivity index (χ1) is 6.24. The number of aromatic hydroxyl groups is 1. The summed E-state index contributed by atoms with van der Waals surface area (Å²) in [5, 5.41) is 18.2. The molecule has 0 unspecified atom stereocenters. The van der Waals surface area contributed by atoms with Crippen LogP contribution in [0.5, 0.6) is 11.5 Å². The van der Waals surface area contributed by atoms with Gasteiger partial charge in [0.25, 0.3) is 0 Å². The molecule has 1 aromatic rings. The Hall–Kier alpha value is -1.34. The van der Waals surface area contributed by atoms with E-state index in [9.17, 15) is 5.11 Å². The van der Waals surface area contributed by atoms with E-state index in [4.69, 9.17) is 10.00 Å². The van der Waals surface area contributed by atoms with E-state index in [-0.39, 0.29) is 5.75 Å². The zero-order chi connectivity index (χ0) is 9.84. The number of nitrogens with zero attached hydrogens (tertiary/aromatic N) is 1. The molecule has 0 saturated carbocycles. The molecule has 0 atom stereocenters. The van der Waals surface area contributed by atoms with E-state index < -0.39 is 0 Å². The van der Waals surface area contributed by atoms with Gasteiger partial charge in [0.05, 0.1) is 17.6 Å². The van der Waals surface area contributed by atoms with Crippen molar-refractivity contribution in [3.63, 3.8) is 0 Å². The second-order valence-electron chi connectivity index (χ2n) is 2.31. The smallest absolute Gasteiger partial charge is 0.175 e. The Kier molecular flexibility index (Phi) is 3.04. The quantitative estimate of drug-likeness (QED) is 0.733. The lowest BCUT2D eigenvalue weighted by Gasteiger charge is -2.08. The molecule has 0 fully saturated rings. The number of methoxy groups -OCH3 is 1. The number of phenolic OH excluding ortho intramolecular Hbond substituents is 1. The van der Waals surface area contributed by atoms with Crippen LogP contribution in [-0.4, -0.2) is 18.5 Å². The van der Waals surface area contributed by atoms with E-state index in [2.05, 4.69) is 0 Å². The van der Waals surface area contributed by atoms with Gasteiger partial charge in [-0.15, -0.1) is 11.8 Å². The summed E-state index contributed by atoms with van der Waals surface area (Å²) in [6.07, 6.45) is 1.83. The molecule has 0 aliphatic carbocycles. The molecule has 0 aliphatic heterocycles. The molecule has 1 aromatic carbocycles. The highest BCUT2D eigenvalue weighted by atomic mass is 32.2. The molecule has 0 spiro atoms. The summed E-state index contributed by atoms with van der Waals surface area (Å²) >= 11 is 1.38. The van der Waals surface area contributed by atoms with Crippen LogP contribution in [0.4, 0.5) is 0 Å². The van der Waals surface area contributed by atoms with Crippen molar-refractivity contribution in [3.8, 4) is 17.6 Å². The normalized spacial score (nSPS) is 9.31. The summed E-state index contributed by atoms with van der Waals surface area (Å²) in [7, 11) is 1.47. The van der Waals surface area contributed by atoms with Crippen LogP contribution in [0, 0.1) is 11.3 Å². The predicted molar refractivity (Wildman–Crippen MR) is 51.2 cm³/mol. The Morgan fingerprint density at radius 1 is 1.54 bits per heavy atom. The summed E-state index contributed by atoms with van der Waals surface area (Å²) in [6.45, 7) is 0. The van der Waals surface area contributed by atoms with E-state index >= 15 is 0 Å². The zero-order valence-electron chi connectivity index (χ0n) is 7.37. The Balaban J connectivity index is 3.38. The fourth-order valence-electron chi connectivity index (χ4n) is 1.04. The summed E-state index contributed by atoms with van der Waals surface area (Å²) in [6, 6.07) is 5.07. The molecule has 0 saturated heterocycles. The monoisotopic (exact) mass is 195 g/mol. The molecular weight excluding hydrogens is 186 g/mol. The van der Waals surface area contributed by atoms with Gasteiger partial charge < -0.3 is 9.84 Å². The highest BCUT2D eigenvalue weighted by Gasteiger charge is 2.12. The van der Waals surface area contributed by atoms with Crippen LogP contribution in [0.1, 0.15) is 5.56 Å². The average molecular weight is 195 g/mol. The van der Waals surface area contributed by atoms with Crippen molar-refractivity contribution in [1.82, 2.24) is 0 Å². The van der Waals surface area contributed by atoms with Gasteiger partial charge in [-0.1, -0.05) is 0 Å². The van der Waals surface area contributed by atoms with Crippen LogP contribution < -0.4 is 4.74 Å². The van der Waals surface area contributed by atoms with Gasteiger partial charge in [0, 0.05) is 0 Å². The standard InChI is InChI=1S/C9H9NO2S/c1-12-8-7(11)4-3-6(5-10)9(8)13-2/h3-4,11H,1-2H3. The van der Waals surface area contributed by atoms with Gasteiger partial charge in [0.15, 0.2) is 11.5 Å². The number of hydrogen-bond donors (Lipinski definition) is 1. The van der Waals surface area contributed by atoms with Crippen molar-refractivity contribution < 1.29 is 9.84 Å². The highest BCUT2D eigenvalue weighted by molar-refractivity contribution is 7.98. The fourth-order valence-corrected chi connectivity index (χ4v) is 1.75. The third-order valence-electron chi connectivity index (χ3n) is 1.62. The van der Waals surface area contributed by atoms with Crippen LogP contribution >= 0.6 is 11.8 Å². The average Bonchev–Trinajstić information content (AvgIpc) is 2.17. The highest BCUT2D eigenvalue weighted by Crippen LogP contribution is 2.37. The molecule has 1 rings (SSSR count). The Morgan fingerprint density at radius 2 is 2.23 bits per heavy atom. The van der Waals surface area contributed by atoms with Crippen molar-refractivity contribution in [2.75, 3.05) is 13.4 Å². The van der Waals surface area contributed by atoms with Gasteiger partial charge in [-0.3, -0.25) is 0 Å². The number of thioether (sulfide) groups is 1. The lowest BCUT2D eigenvalue weighted by Crippen LogP contribution is -1.89. The van der Waals surface area contributed by atoms with Crippen molar-refractivity contribution in [3.05, 3.63) is 17.7 Å². The van der Waals surface area contributed by atoms with E-state index in [1.54, 1.807) is 6.07 Å². The van der Waals surface area contributed by atoms with Crippen molar-refractivity contribution >= 4 is 11.8 Å². The van der Waals surface area contributed by atoms with Gasteiger partial charge in [-0.2, -0.15) is 5.26 Å². The first kappa shape index (κ1) is 9.75. The third-order valence-corrected chi connectivity index (χ3v) is 2.43. The molecule has 0 bridgehead atoms. The van der Waals surface area contributed by atoms with E-state index in [1.165, 1.54) is 24.9 Å². The van der Waals surface area contributed by atoms with E-state index in [0.717, 1.165) is 0 Å². The summed E-state index contributed by atoms with van der Waals surface area (Å²) < 4.78 is 4.99. The van der Waals surface area contributed by atoms with E-state index in [1.807, 2.05) is 12.3 Å². The Morgan fingerprint density at radius 3 is 2.69 bits per heavy atom. The fraction of sp³-hybridized carbons (Fsp3) is 0.222. The molecule has 0 aliphatic rings. The van der Waals surface area contributed by atoms with Crippen molar-refractivity contribution in [2.45, 2.75) is 4.90 Å². The van der Waals surface area contributed by atoms with Gasteiger partial charge in [-0.05, 0) is 18.4 Å². The third kappa shape index (κ3) is 1.70. The van der Waals surface area contributed by atoms with Gasteiger partial charge in [0.2, 0.25) is 0 Å². The molecule has 4 heteroatoms. The van der Waals surface area contributed by atoms with Crippen molar-refractivity contribution in [1.29, 1.82) is 5.26 Å². The number of phenols is 1. The maximum Gasteiger partial charge on any atom is 0.175 e. The molecular formula is C9H9NO2S. The lowest BCUT2D eigenvalue weighted by molar-refractivity contribution is 0.364. The SMILES string of the molecule is COc1c(O)ccc(C#N)c1SC.